The number of carbonyl (C=O) groups excluding carboxylic acids is 1. The SMILES string of the molecule is COCCNc1ccccc1CNC(=O)c1ccon1. The van der Waals surface area contributed by atoms with Crippen LogP contribution in [0.2, 0.25) is 0 Å². The molecule has 20 heavy (non-hydrogen) atoms. The lowest BCUT2D eigenvalue weighted by molar-refractivity contribution is 0.0942. The van der Waals surface area contributed by atoms with E-state index in [-0.39, 0.29) is 11.6 Å². The van der Waals surface area contributed by atoms with E-state index in [2.05, 4.69) is 20.3 Å². The standard InChI is InChI=1S/C14H17N3O3/c1-19-9-7-15-12-5-3-2-4-11(12)10-16-14(18)13-6-8-20-17-13/h2-6,8,15H,7,9-10H2,1H3,(H,16,18). The Morgan fingerprint density at radius 1 is 1.35 bits per heavy atom. The third-order valence-electron chi connectivity index (χ3n) is 2.75. The van der Waals surface area contributed by atoms with Gasteiger partial charge in [-0.25, -0.2) is 0 Å². The third kappa shape index (κ3) is 3.83. The number of benzene rings is 1. The normalized spacial score (nSPS) is 10.2. The Morgan fingerprint density at radius 3 is 2.95 bits per heavy atom. The van der Waals surface area contributed by atoms with Crippen molar-refractivity contribution in [1.29, 1.82) is 0 Å². The molecule has 0 aliphatic carbocycles. The Morgan fingerprint density at radius 2 is 2.20 bits per heavy atom. The quantitative estimate of drug-likeness (QED) is 0.752. The summed E-state index contributed by atoms with van der Waals surface area (Å²) >= 11 is 0. The number of nitrogens with zero attached hydrogens (tertiary/aromatic N) is 1. The van der Waals surface area contributed by atoms with Crippen molar-refractivity contribution < 1.29 is 14.1 Å². The van der Waals surface area contributed by atoms with Crippen LogP contribution in [0.3, 0.4) is 0 Å². The maximum atomic E-state index is 11.8. The molecule has 6 nitrogen and oxygen atoms in total. The van der Waals surface area contributed by atoms with E-state index >= 15 is 0 Å². The molecular formula is C14H17N3O3. The van der Waals surface area contributed by atoms with Crippen LogP contribution >= 0.6 is 0 Å². The van der Waals surface area contributed by atoms with Crippen LogP contribution in [0.15, 0.2) is 41.1 Å². The Balaban J connectivity index is 1.93. The third-order valence-corrected chi connectivity index (χ3v) is 2.75. The van der Waals surface area contributed by atoms with Gasteiger partial charge in [-0.2, -0.15) is 0 Å². The molecule has 0 aliphatic heterocycles. The van der Waals surface area contributed by atoms with E-state index in [9.17, 15) is 4.79 Å². The lowest BCUT2D eigenvalue weighted by Gasteiger charge is -2.12. The molecule has 1 aromatic carbocycles. The van der Waals surface area contributed by atoms with E-state index in [1.165, 1.54) is 12.3 Å². The molecule has 2 rings (SSSR count). The van der Waals surface area contributed by atoms with Gasteiger partial charge in [0.1, 0.15) is 6.26 Å². The highest BCUT2D eigenvalue weighted by Gasteiger charge is 2.09. The summed E-state index contributed by atoms with van der Waals surface area (Å²) in [5.41, 5.74) is 2.25. The zero-order valence-corrected chi connectivity index (χ0v) is 11.3. The first-order valence-electron chi connectivity index (χ1n) is 6.30. The summed E-state index contributed by atoms with van der Waals surface area (Å²) in [5.74, 6) is -0.259. The smallest absolute Gasteiger partial charge is 0.273 e. The van der Waals surface area contributed by atoms with Gasteiger partial charge in [0.05, 0.1) is 6.61 Å². The first kappa shape index (κ1) is 14.1. The fourth-order valence-corrected chi connectivity index (χ4v) is 1.73. The highest BCUT2D eigenvalue weighted by Crippen LogP contribution is 2.14. The van der Waals surface area contributed by atoms with E-state index in [1.807, 2.05) is 24.3 Å². The lowest BCUT2D eigenvalue weighted by atomic mass is 10.1. The van der Waals surface area contributed by atoms with Crippen LogP contribution in [0.4, 0.5) is 5.69 Å². The van der Waals surface area contributed by atoms with Crippen molar-refractivity contribution >= 4 is 11.6 Å². The van der Waals surface area contributed by atoms with Gasteiger partial charge < -0.3 is 19.9 Å². The summed E-state index contributed by atoms with van der Waals surface area (Å²) in [5, 5.41) is 9.65. The van der Waals surface area contributed by atoms with Crippen LogP contribution in [-0.2, 0) is 11.3 Å². The minimum absolute atomic E-state index is 0.259. The molecule has 6 heteroatoms. The van der Waals surface area contributed by atoms with Crippen LogP contribution in [0.1, 0.15) is 16.1 Å². The van der Waals surface area contributed by atoms with Gasteiger partial charge in [-0.3, -0.25) is 4.79 Å². The molecule has 0 atom stereocenters. The lowest BCUT2D eigenvalue weighted by Crippen LogP contribution is -2.23. The molecule has 0 unspecified atom stereocenters. The minimum Gasteiger partial charge on any atom is -0.383 e. The van der Waals surface area contributed by atoms with Crippen molar-refractivity contribution in [2.75, 3.05) is 25.6 Å². The number of carbonyl (C=O) groups is 1. The summed E-state index contributed by atoms with van der Waals surface area (Å²) < 4.78 is 9.64. The van der Waals surface area contributed by atoms with Gasteiger partial charge in [-0.1, -0.05) is 23.4 Å². The van der Waals surface area contributed by atoms with Gasteiger partial charge in [-0.15, -0.1) is 0 Å². The van der Waals surface area contributed by atoms with E-state index < -0.39 is 0 Å². The number of hydrogen-bond donors (Lipinski definition) is 2. The molecule has 2 N–H and O–H groups in total. The Labute approximate surface area is 117 Å². The molecule has 0 fully saturated rings. The second kappa shape index (κ2) is 7.30. The van der Waals surface area contributed by atoms with Crippen LogP contribution in [0, 0.1) is 0 Å². The molecule has 1 heterocycles. The number of nitrogens with one attached hydrogen (secondary N) is 2. The first-order chi connectivity index (χ1) is 9.81. The Bertz CT molecular complexity index is 540. The highest BCUT2D eigenvalue weighted by molar-refractivity contribution is 5.91. The molecule has 106 valence electrons. The van der Waals surface area contributed by atoms with Gasteiger partial charge in [0.25, 0.3) is 5.91 Å². The van der Waals surface area contributed by atoms with Crippen molar-refractivity contribution in [2.24, 2.45) is 0 Å². The Hall–Kier alpha value is -2.34. The molecule has 2 aromatic rings. The molecule has 0 bridgehead atoms. The summed E-state index contributed by atoms with van der Waals surface area (Å²) in [6.45, 7) is 1.76. The van der Waals surface area contributed by atoms with E-state index in [0.29, 0.717) is 19.7 Å². The molecular weight excluding hydrogens is 258 g/mol. The van der Waals surface area contributed by atoms with Crippen molar-refractivity contribution in [1.82, 2.24) is 10.5 Å². The summed E-state index contributed by atoms with van der Waals surface area (Å²) in [4.78, 5) is 11.8. The number of amides is 1. The van der Waals surface area contributed by atoms with Crippen molar-refractivity contribution in [3.05, 3.63) is 47.9 Å². The monoisotopic (exact) mass is 275 g/mol. The number of hydrogen-bond acceptors (Lipinski definition) is 5. The second-order valence-corrected chi connectivity index (χ2v) is 4.14. The number of rotatable bonds is 7. The van der Waals surface area contributed by atoms with Crippen molar-refractivity contribution in [2.45, 2.75) is 6.54 Å². The molecule has 0 spiro atoms. The first-order valence-corrected chi connectivity index (χ1v) is 6.30. The summed E-state index contributed by atoms with van der Waals surface area (Å²) in [7, 11) is 1.66. The minimum atomic E-state index is -0.259. The van der Waals surface area contributed by atoms with Crippen molar-refractivity contribution in [3.8, 4) is 0 Å². The van der Waals surface area contributed by atoms with E-state index in [1.54, 1.807) is 7.11 Å². The Kier molecular flexibility index (Phi) is 5.14. The number of methoxy groups -OCH3 is 1. The zero-order chi connectivity index (χ0) is 14.2. The second-order valence-electron chi connectivity index (χ2n) is 4.14. The molecule has 0 saturated heterocycles. The van der Waals surface area contributed by atoms with Crippen LogP contribution in [0.25, 0.3) is 0 Å². The average Bonchev–Trinajstić information content (AvgIpc) is 3.00. The molecule has 1 aromatic heterocycles. The number of anilines is 1. The van der Waals surface area contributed by atoms with E-state index in [0.717, 1.165) is 11.3 Å². The van der Waals surface area contributed by atoms with Gasteiger partial charge >= 0.3 is 0 Å². The van der Waals surface area contributed by atoms with Crippen molar-refractivity contribution in [3.63, 3.8) is 0 Å². The number of para-hydroxylation sites is 1. The predicted molar refractivity (Wildman–Crippen MR) is 74.5 cm³/mol. The average molecular weight is 275 g/mol. The summed E-state index contributed by atoms with van der Waals surface area (Å²) in [6, 6.07) is 9.32. The number of aromatic nitrogens is 1. The largest absolute Gasteiger partial charge is 0.383 e. The van der Waals surface area contributed by atoms with Crippen LogP contribution < -0.4 is 10.6 Å². The zero-order valence-electron chi connectivity index (χ0n) is 11.3. The maximum Gasteiger partial charge on any atom is 0.273 e. The summed E-state index contributed by atoms with van der Waals surface area (Å²) in [6.07, 6.45) is 1.37. The van der Waals surface area contributed by atoms with Gasteiger partial charge in [0.2, 0.25) is 0 Å². The van der Waals surface area contributed by atoms with Gasteiger partial charge in [0.15, 0.2) is 5.69 Å². The number of ether oxygens (including phenoxy) is 1. The van der Waals surface area contributed by atoms with Crippen LogP contribution in [-0.4, -0.2) is 31.3 Å². The topological polar surface area (TPSA) is 76.4 Å². The van der Waals surface area contributed by atoms with Gasteiger partial charge in [-0.05, 0) is 11.6 Å². The highest BCUT2D eigenvalue weighted by atomic mass is 16.5. The molecule has 1 amide bonds. The van der Waals surface area contributed by atoms with E-state index in [4.69, 9.17) is 4.74 Å². The fraction of sp³-hybridized carbons (Fsp3) is 0.286. The van der Waals surface area contributed by atoms with Crippen LogP contribution in [0.5, 0.6) is 0 Å². The van der Waals surface area contributed by atoms with Gasteiger partial charge in [0, 0.05) is 32.0 Å². The molecule has 0 saturated carbocycles. The molecule has 0 aliphatic rings. The molecule has 0 radical (unpaired) electrons. The fourth-order valence-electron chi connectivity index (χ4n) is 1.73. The maximum absolute atomic E-state index is 11.8. The predicted octanol–water partition coefficient (Wildman–Crippen LogP) is 1.66.